The molecular formula is C12H7BrN4O3. The number of hydrogen-bond donors (Lipinski definition) is 2. The van der Waals surface area contributed by atoms with Gasteiger partial charge in [-0.2, -0.15) is 5.26 Å². The largest absolute Gasteiger partial charge is 0.356 e. The molecule has 2 rings (SSSR count). The average Bonchev–Trinajstić information content (AvgIpc) is 2.85. The Balaban J connectivity index is 2.32. The number of nitrogens with zero attached hydrogens (tertiary/aromatic N) is 2. The number of nitrogens with one attached hydrogen (secondary N) is 2. The first-order chi connectivity index (χ1) is 9.51. The number of aromatic nitrogens is 1. The minimum absolute atomic E-state index is 0.0322. The van der Waals surface area contributed by atoms with E-state index in [0.717, 1.165) is 6.07 Å². The molecule has 1 heterocycles. The number of benzene rings is 1. The van der Waals surface area contributed by atoms with Crippen molar-refractivity contribution in [3.8, 4) is 6.07 Å². The topological polar surface area (TPSA) is 112 Å². The van der Waals surface area contributed by atoms with Crippen LogP contribution in [-0.4, -0.2) is 15.8 Å². The van der Waals surface area contributed by atoms with Crippen LogP contribution in [0, 0.1) is 21.4 Å². The molecule has 0 saturated carbocycles. The van der Waals surface area contributed by atoms with Crippen molar-refractivity contribution >= 4 is 33.2 Å². The van der Waals surface area contributed by atoms with Gasteiger partial charge in [0.2, 0.25) is 0 Å². The van der Waals surface area contributed by atoms with Crippen LogP contribution < -0.4 is 5.32 Å². The second kappa shape index (κ2) is 5.54. The van der Waals surface area contributed by atoms with Gasteiger partial charge in [0.25, 0.3) is 11.6 Å². The van der Waals surface area contributed by atoms with Gasteiger partial charge >= 0.3 is 0 Å². The van der Waals surface area contributed by atoms with Crippen molar-refractivity contribution in [1.82, 2.24) is 4.98 Å². The number of H-pyrrole nitrogens is 1. The van der Waals surface area contributed by atoms with Gasteiger partial charge in [0.1, 0.15) is 11.4 Å². The van der Waals surface area contributed by atoms with Crippen LogP contribution in [0.15, 0.2) is 34.9 Å². The van der Waals surface area contributed by atoms with Crippen LogP contribution in [0.1, 0.15) is 16.1 Å². The lowest BCUT2D eigenvalue weighted by Crippen LogP contribution is -2.13. The summed E-state index contributed by atoms with van der Waals surface area (Å²) in [5, 5.41) is 22.1. The van der Waals surface area contributed by atoms with E-state index in [9.17, 15) is 14.9 Å². The van der Waals surface area contributed by atoms with E-state index in [1.807, 2.05) is 6.07 Å². The number of rotatable bonds is 3. The molecule has 0 saturated heterocycles. The normalized spacial score (nSPS) is 9.80. The van der Waals surface area contributed by atoms with Gasteiger partial charge in [-0.25, -0.2) is 0 Å². The molecule has 0 aliphatic rings. The van der Waals surface area contributed by atoms with E-state index < -0.39 is 10.8 Å². The van der Waals surface area contributed by atoms with E-state index in [0.29, 0.717) is 4.47 Å². The van der Waals surface area contributed by atoms with Crippen LogP contribution in [0.2, 0.25) is 0 Å². The average molecular weight is 335 g/mol. The number of carbonyl (C=O) groups excluding carboxylic acids is 1. The van der Waals surface area contributed by atoms with Gasteiger partial charge in [-0.1, -0.05) is 0 Å². The summed E-state index contributed by atoms with van der Waals surface area (Å²) >= 11 is 3.19. The van der Waals surface area contributed by atoms with Gasteiger partial charge in [0.15, 0.2) is 0 Å². The molecule has 0 atom stereocenters. The first-order valence-electron chi connectivity index (χ1n) is 5.35. The standard InChI is InChI=1S/C12H7BrN4O3/c13-8-4-10(15-6-8)12(18)16-9-2-1-7(5-14)3-11(9)17(19)20/h1-4,6,15H,(H,16,18). The Hall–Kier alpha value is -2.66. The van der Waals surface area contributed by atoms with E-state index in [1.165, 1.54) is 12.1 Å². The Bertz CT molecular complexity index is 733. The third-order valence-corrected chi connectivity index (χ3v) is 2.92. The molecule has 0 bridgehead atoms. The van der Waals surface area contributed by atoms with Crippen molar-refractivity contribution in [2.45, 2.75) is 0 Å². The fourth-order valence-corrected chi connectivity index (χ4v) is 1.89. The zero-order valence-electron chi connectivity index (χ0n) is 9.88. The fraction of sp³-hybridized carbons (Fsp3) is 0. The smallest absolute Gasteiger partial charge is 0.294 e. The van der Waals surface area contributed by atoms with Gasteiger partial charge in [-0.3, -0.25) is 14.9 Å². The van der Waals surface area contributed by atoms with Crippen molar-refractivity contribution in [2.75, 3.05) is 5.32 Å². The maximum Gasteiger partial charge on any atom is 0.294 e. The van der Waals surface area contributed by atoms with E-state index >= 15 is 0 Å². The zero-order valence-corrected chi connectivity index (χ0v) is 11.5. The molecule has 7 nitrogen and oxygen atoms in total. The molecule has 20 heavy (non-hydrogen) atoms. The van der Waals surface area contributed by atoms with Crippen molar-refractivity contribution in [3.05, 3.63) is 56.3 Å². The first kappa shape index (κ1) is 13.8. The lowest BCUT2D eigenvalue weighted by molar-refractivity contribution is -0.383. The molecule has 100 valence electrons. The predicted octanol–water partition coefficient (Wildman–Crippen LogP) is 2.81. The minimum Gasteiger partial charge on any atom is -0.356 e. The molecule has 1 amide bonds. The van der Waals surface area contributed by atoms with Gasteiger partial charge in [-0.05, 0) is 34.1 Å². The van der Waals surface area contributed by atoms with Gasteiger partial charge in [0, 0.05) is 16.7 Å². The summed E-state index contributed by atoms with van der Waals surface area (Å²) in [7, 11) is 0. The molecular weight excluding hydrogens is 328 g/mol. The highest BCUT2D eigenvalue weighted by atomic mass is 79.9. The molecule has 1 aromatic carbocycles. The number of carbonyl (C=O) groups is 1. The van der Waals surface area contributed by atoms with Crippen LogP contribution in [0.25, 0.3) is 0 Å². The van der Waals surface area contributed by atoms with Crippen molar-refractivity contribution in [1.29, 1.82) is 5.26 Å². The number of hydrogen-bond acceptors (Lipinski definition) is 4. The minimum atomic E-state index is -0.652. The number of nitriles is 1. The van der Waals surface area contributed by atoms with Crippen LogP contribution in [0.5, 0.6) is 0 Å². The third kappa shape index (κ3) is 2.84. The number of nitro groups is 1. The van der Waals surface area contributed by atoms with Crippen molar-refractivity contribution in [3.63, 3.8) is 0 Å². The Morgan fingerprint density at radius 1 is 1.45 bits per heavy atom. The Kier molecular flexibility index (Phi) is 3.81. The van der Waals surface area contributed by atoms with Crippen LogP contribution in [-0.2, 0) is 0 Å². The number of anilines is 1. The molecule has 0 fully saturated rings. The number of halogens is 1. The van der Waals surface area contributed by atoms with Crippen molar-refractivity contribution in [2.24, 2.45) is 0 Å². The van der Waals surface area contributed by atoms with Crippen LogP contribution in [0.3, 0.4) is 0 Å². The monoisotopic (exact) mass is 334 g/mol. The Morgan fingerprint density at radius 3 is 2.75 bits per heavy atom. The summed E-state index contributed by atoms with van der Waals surface area (Å²) in [6, 6.07) is 7.19. The number of nitro benzene ring substituents is 1. The van der Waals surface area contributed by atoms with Gasteiger partial charge in [0.05, 0.1) is 16.6 Å². The molecule has 0 aliphatic heterocycles. The maximum absolute atomic E-state index is 11.9. The summed E-state index contributed by atoms with van der Waals surface area (Å²) in [6.07, 6.45) is 1.57. The summed E-state index contributed by atoms with van der Waals surface area (Å²) in [5.74, 6) is -0.511. The third-order valence-electron chi connectivity index (χ3n) is 2.46. The Labute approximate surface area is 121 Å². The fourth-order valence-electron chi connectivity index (χ4n) is 1.55. The lowest BCUT2D eigenvalue weighted by atomic mass is 10.2. The SMILES string of the molecule is N#Cc1ccc(NC(=O)c2cc(Br)c[nH]2)c([N+](=O)[O-])c1. The molecule has 0 unspecified atom stereocenters. The van der Waals surface area contributed by atoms with Crippen molar-refractivity contribution < 1.29 is 9.72 Å². The summed E-state index contributed by atoms with van der Waals surface area (Å²) in [4.78, 5) is 24.9. The Morgan fingerprint density at radius 2 is 2.20 bits per heavy atom. The lowest BCUT2D eigenvalue weighted by Gasteiger charge is -2.05. The molecule has 0 spiro atoms. The second-order valence-electron chi connectivity index (χ2n) is 3.79. The summed E-state index contributed by atoms with van der Waals surface area (Å²) in [6.45, 7) is 0. The summed E-state index contributed by atoms with van der Waals surface area (Å²) in [5.41, 5.74) is 0.112. The molecule has 8 heteroatoms. The summed E-state index contributed by atoms with van der Waals surface area (Å²) < 4.78 is 0.692. The number of aromatic amines is 1. The van der Waals surface area contributed by atoms with E-state index in [1.54, 1.807) is 12.3 Å². The number of amides is 1. The molecule has 0 aliphatic carbocycles. The van der Waals surface area contributed by atoms with Gasteiger partial charge < -0.3 is 10.3 Å². The van der Waals surface area contributed by atoms with E-state index in [2.05, 4.69) is 26.2 Å². The predicted molar refractivity (Wildman–Crippen MR) is 74.3 cm³/mol. The van der Waals surface area contributed by atoms with Crippen LogP contribution >= 0.6 is 15.9 Å². The second-order valence-corrected chi connectivity index (χ2v) is 4.70. The van der Waals surface area contributed by atoms with E-state index in [-0.39, 0.29) is 22.6 Å². The molecule has 1 aromatic heterocycles. The van der Waals surface area contributed by atoms with Gasteiger partial charge in [-0.15, -0.1) is 0 Å². The molecule has 2 aromatic rings. The molecule has 2 N–H and O–H groups in total. The van der Waals surface area contributed by atoms with E-state index in [4.69, 9.17) is 5.26 Å². The maximum atomic E-state index is 11.9. The zero-order chi connectivity index (χ0) is 14.7. The van der Waals surface area contributed by atoms with Crippen LogP contribution in [0.4, 0.5) is 11.4 Å². The highest BCUT2D eigenvalue weighted by Crippen LogP contribution is 2.26. The highest BCUT2D eigenvalue weighted by Gasteiger charge is 2.18. The molecule has 0 radical (unpaired) electrons. The quantitative estimate of drug-likeness (QED) is 0.663. The highest BCUT2D eigenvalue weighted by molar-refractivity contribution is 9.10. The first-order valence-corrected chi connectivity index (χ1v) is 6.14.